The summed E-state index contributed by atoms with van der Waals surface area (Å²) in [5, 5.41) is 10.5. The molecule has 0 radical (unpaired) electrons. The summed E-state index contributed by atoms with van der Waals surface area (Å²) in [6.45, 7) is 0. The van der Waals surface area contributed by atoms with Gasteiger partial charge in [-0.15, -0.1) is 0 Å². The zero-order valence-corrected chi connectivity index (χ0v) is 17.3. The molecule has 0 aliphatic heterocycles. The predicted molar refractivity (Wildman–Crippen MR) is 113 cm³/mol. The molecule has 0 saturated carbocycles. The summed E-state index contributed by atoms with van der Waals surface area (Å²) in [6, 6.07) is 13.8. The van der Waals surface area contributed by atoms with Gasteiger partial charge >= 0.3 is 0 Å². The molecule has 0 atom stereocenters. The zero-order chi connectivity index (χ0) is 21.6. The van der Waals surface area contributed by atoms with E-state index in [1.165, 1.54) is 31.3 Å². The van der Waals surface area contributed by atoms with E-state index in [0.717, 1.165) is 11.8 Å². The van der Waals surface area contributed by atoms with Crippen LogP contribution in [0.5, 0.6) is 5.75 Å². The third-order valence-electron chi connectivity index (χ3n) is 4.81. The number of fused-ring (bicyclic) bond motifs is 2. The Morgan fingerprint density at radius 3 is 2.07 bits per heavy atom. The van der Waals surface area contributed by atoms with Gasteiger partial charge in [-0.05, 0) is 37.4 Å². The number of aromatic hydroxyl groups is 1. The summed E-state index contributed by atoms with van der Waals surface area (Å²) in [5.41, 5.74) is 6.68. The number of phenolic OH excluding ortho intramolecular Hbond substituents is 1. The summed E-state index contributed by atoms with van der Waals surface area (Å²) < 4.78 is 26.0. The third kappa shape index (κ3) is 3.17. The van der Waals surface area contributed by atoms with Crippen molar-refractivity contribution in [1.29, 1.82) is 0 Å². The summed E-state index contributed by atoms with van der Waals surface area (Å²) in [6.07, 6.45) is 0. The second kappa shape index (κ2) is 7.28. The van der Waals surface area contributed by atoms with Crippen molar-refractivity contribution in [3.8, 4) is 5.75 Å². The molecule has 0 heterocycles. The quantitative estimate of drug-likeness (QED) is 0.329. The van der Waals surface area contributed by atoms with Crippen LogP contribution in [0.2, 0.25) is 0 Å². The van der Waals surface area contributed by atoms with Crippen LogP contribution in [-0.2, 0) is 10.0 Å². The molecule has 152 valence electrons. The Morgan fingerprint density at radius 1 is 0.933 bits per heavy atom. The van der Waals surface area contributed by atoms with E-state index < -0.39 is 21.6 Å². The van der Waals surface area contributed by atoms with Gasteiger partial charge in [0, 0.05) is 20.9 Å². The van der Waals surface area contributed by atoms with Crippen LogP contribution < -0.4 is 10.5 Å². The SMILES string of the molecule is CNS(=O)(=O)c1ccc(Sc2cc(O)c3c(c2N)C(=O)c2ccccc2C3=O)cc1. The van der Waals surface area contributed by atoms with Crippen LogP contribution in [0.25, 0.3) is 0 Å². The molecule has 0 unspecified atom stereocenters. The van der Waals surface area contributed by atoms with E-state index >= 15 is 0 Å². The Morgan fingerprint density at radius 2 is 1.50 bits per heavy atom. The van der Waals surface area contributed by atoms with Crippen molar-refractivity contribution in [2.24, 2.45) is 0 Å². The minimum atomic E-state index is -3.56. The standard InChI is InChI=1S/C21H16N2O5S2/c1-23-30(27,28)12-8-6-11(7-9-12)29-16-10-15(24)17-18(19(16)22)21(26)14-5-3-2-4-13(14)20(17)25/h2-10,23-24H,22H2,1H3. The number of nitrogens with one attached hydrogen (secondary N) is 1. The fourth-order valence-corrected chi connectivity index (χ4v) is 4.93. The number of hydrogen-bond donors (Lipinski definition) is 3. The molecule has 0 aromatic heterocycles. The molecule has 0 spiro atoms. The first-order chi connectivity index (χ1) is 14.2. The number of ketones is 2. The second-order valence-electron chi connectivity index (χ2n) is 6.54. The number of benzene rings is 3. The molecule has 0 saturated heterocycles. The van der Waals surface area contributed by atoms with E-state index in [9.17, 15) is 23.1 Å². The molecule has 30 heavy (non-hydrogen) atoms. The normalized spacial score (nSPS) is 13.1. The van der Waals surface area contributed by atoms with Crippen molar-refractivity contribution in [3.63, 3.8) is 0 Å². The first-order valence-corrected chi connectivity index (χ1v) is 11.1. The number of nitrogens with two attached hydrogens (primary N) is 1. The molecule has 3 aromatic carbocycles. The molecule has 4 N–H and O–H groups in total. The topological polar surface area (TPSA) is 127 Å². The maximum Gasteiger partial charge on any atom is 0.240 e. The predicted octanol–water partition coefficient (Wildman–Crippen LogP) is 2.81. The Labute approximate surface area is 177 Å². The highest BCUT2D eigenvalue weighted by molar-refractivity contribution is 7.99. The molecule has 1 aliphatic rings. The molecule has 7 nitrogen and oxygen atoms in total. The van der Waals surface area contributed by atoms with Gasteiger partial charge in [0.15, 0.2) is 11.6 Å². The largest absolute Gasteiger partial charge is 0.507 e. The van der Waals surface area contributed by atoms with Crippen molar-refractivity contribution >= 4 is 39.0 Å². The zero-order valence-electron chi connectivity index (χ0n) is 15.7. The molecule has 0 fully saturated rings. The smallest absolute Gasteiger partial charge is 0.240 e. The van der Waals surface area contributed by atoms with Crippen LogP contribution in [0, 0.1) is 0 Å². The molecule has 9 heteroatoms. The lowest BCUT2D eigenvalue weighted by Gasteiger charge is -2.21. The number of phenols is 1. The number of anilines is 1. The van der Waals surface area contributed by atoms with Crippen molar-refractivity contribution in [1.82, 2.24) is 4.72 Å². The number of sulfonamides is 1. The highest BCUT2D eigenvalue weighted by Crippen LogP contribution is 2.43. The second-order valence-corrected chi connectivity index (χ2v) is 9.54. The molecule has 0 bridgehead atoms. The highest BCUT2D eigenvalue weighted by Gasteiger charge is 2.34. The van der Waals surface area contributed by atoms with Gasteiger partial charge in [-0.2, -0.15) is 0 Å². The number of carbonyl (C=O) groups is 2. The monoisotopic (exact) mass is 440 g/mol. The van der Waals surface area contributed by atoms with E-state index in [1.54, 1.807) is 30.3 Å². The lowest BCUT2D eigenvalue weighted by molar-refractivity contribution is 0.0977. The first kappa shape index (κ1) is 20.1. The number of hydrogen-bond acceptors (Lipinski definition) is 7. The van der Waals surface area contributed by atoms with Gasteiger partial charge in [-0.1, -0.05) is 36.0 Å². The Balaban J connectivity index is 1.77. The Kier molecular flexibility index (Phi) is 4.89. The molecule has 4 rings (SSSR count). The van der Waals surface area contributed by atoms with Gasteiger partial charge in [0.2, 0.25) is 10.0 Å². The maximum atomic E-state index is 13.0. The van der Waals surface area contributed by atoms with Crippen LogP contribution in [0.15, 0.2) is 69.3 Å². The fraction of sp³-hybridized carbons (Fsp3) is 0.0476. The van der Waals surface area contributed by atoms with Crippen molar-refractivity contribution in [2.75, 3.05) is 12.8 Å². The van der Waals surface area contributed by atoms with E-state index in [-0.39, 0.29) is 38.6 Å². The number of carbonyl (C=O) groups excluding carboxylic acids is 2. The van der Waals surface area contributed by atoms with Gasteiger partial charge in [0.1, 0.15) is 5.75 Å². The molecule has 1 aliphatic carbocycles. The summed E-state index contributed by atoms with van der Waals surface area (Å²) in [4.78, 5) is 26.9. The Hall–Kier alpha value is -3.14. The minimum Gasteiger partial charge on any atom is -0.507 e. The molecule has 0 amide bonds. The van der Waals surface area contributed by atoms with E-state index in [4.69, 9.17) is 5.73 Å². The molecular weight excluding hydrogens is 424 g/mol. The number of nitrogen functional groups attached to an aromatic ring is 1. The van der Waals surface area contributed by atoms with E-state index in [1.807, 2.05) is 0 Å². The van der Waals surface area contributed by atoms with Gasteiger partial charge in [0.25, 0.3) is 0 Å². The third-order valence-corrected chi connectivity index (χ3v) is 7.31. The van der Waals surface area contributed by atoms with E-state index in [2.05, 4.69) is 4.72 Å². The van der Waals surface area contributed by atoms with Gasteiger partial charge in [-0.25, -0.2) is 13.1 Å². The summed E-state index contributed by atoms with van der Waals surface area (Å²) >= 11 is 1.15. The van der Waals surface area contributed by atoms with Crippen LogP contribution >= 0.6 is 11.8 Å². The van der Waals surface area contributed by atoms with Gasteiger partial charge < -0.3 is 10.8 Å². The lowest BCUT2D eigenvalue weighted by atomic mass is 9.83. The van der Waals surface area contributed by atoms with Crippen LogP contribution in [0.3, 0.4) is 0 Å². The van der Waals surface area contributed by atoms with Gasteiger partial charge in [-0.3, -0.25) is 9.59 Å². The molecule has 3 aromatic rings. The van der Waals surface area contributed by atoms with Crippen molar-refractivity contribution < 1.29 is 23.1 Å². The average Bonchev–Trinajstić information content (AvgIpc) is 2.74. The van der Waals surface area contributed by atoms with Crippen LogP contribution in [0.4, 0.5) is 5.69 Å². The number of rotatable bonds is 4. The minimum absolute atomic E-state index is 0.0180. The summed E-state index contributed by atoms with van der Waals surface area (Å²) in [7, 11) is -2.24. The van der Waals surface area contributed by atoms with Gasteiger partial charge in [0.05, 0.1) is 21.7 Å². The average molecular weight is 441 g/mol. The maximum absolute atomic E-state index is 13.0. The van der Waals surface area contributed by atoms with Crippen LogP contribution in [0.1, 0.15) is 31.8 Å². The van der Waals surface area contributed by atoms with Crippen LogP contribution in [-0.4, -0.2) is 32.1 Å². The Bertz CT molecular complexity index is 1320. The van der Waals surface area contributed by atoms with E-state index in [0.29, 0.717) is 9.79 Å². The highest BCUT2D eigenvalue weighted by atomic mass is 32.2. The fourth-order valence-electron chi connectivity index (χ4n) is 3.29. The lowest BCUT2D eigenvalue weighted by Crippen LogP contribution is -2.22. The first-order valence-electron chi connectivity index (χ1n) is 8.80. The molecular formula is C21H16N2O5S2. The van der Waals surface area contributed by atoms with Crippen molar-refractivity contribution in [2.45, 2.75) is 14.7 Å². The summed E-state index contributed by atoms with van der Waals surface area (Å²) in [5.74, 6) is -1.21. The van der Waals surface area contributed by atoms with Crippen molar-refractivity contribution in [3.05, 3.63) is 76.9 Å².